The number of rotatable bonds is 0. The van der Waals surface area contributed by atoms with E-state index in [4.69, 9.17) is 0 Å². The largest absolute Gasteiger partial charge is 0.254 e. The molecule has 0 atom stereocenters. The lowest BCUT2D eigenvalue weighted by Crippen LogP contribution is -1.94. The maximum Gasteiger partial charge on any atom is 0.116 e. The van der Waals surface area contributed by atoms with Crippen LogP contribution in [0.5, 0.6) is 0 Å². The molecule has 3 nitrogen and oxygen atoms in total. The number of aryl methyl sites for hydroxylation is 1. The van der Waals surface area contributed by atoms with Crippen molar-refractivity contribution >= 4 is 11.9 Å². The fourth-order valence-corrected chi connectivity index (χ4v) is 1.15. The Bertz CT molecular complexity index is 352. The van der Waals surface area contributed by atoms with Crippen molar-refractivity contribution in [1.82, 2.24) is 9.97 Å². The third-order valence-electron chi connectivity index (χ3n) is 1.70. The van der Waals surface area contributed by atoms with Gasteiger partial charge in [0.1, 0.15) is 6.33 Å². The van der Waals surface area contributed by atoms with Crippen LogP contribution in [-0.2, 0) is 0 Å². The van der Waals surface area contributed by atoms with E-state index in [-0.39, 0.29) is 0 Å². The van der Waals surface area contributed by atoms with Crippen molar-refractivity contribution in [3.8, 4) is 0 Å². The first-order chi connectivity index (χ1) is 5.29. The maximum absolute atomic E-state index is 4.05. The number of hydrogen-bond acceptors (Lipinski definition) is 3. The molecule has 0 spiro atoms. The highest BCUT2D eigenvalue weighted by Crippen LogP contribution is 2.23. The first-order valence-corrected chi connectivity index (χ1v) is 3.34. The Morgan fingerprint density at radius 1 is 1.36 bits per heavy atom. The van der Waals surface area contributed by atoms with E-state index in [0.717, 1.165) is 22.6 Å². The normalized spacial score (nSPS) is 13.7. The maximum atomic E-state index is 4.05. The molecular weight excluding hydrogens is 138 g/mol. The van der Waals surface area contributed by atoms with E-state index in [1.54, 1.807) is 12.5 Å². The Morgan fingerprint density at radius 3 is 2.91 bits per heavy atom. The molecule has 1 aliphatic heterocycles. The summed E-state index contributed by atoms with van der Waals surface area (Å²) in [6.45, 7) is 5.71. The standard InChI is InChI=1S/C8H7N3/c1-5-8-6(2)10-4-11-7(8)3-9-5/h3-4H,1H2,2H3. The van der Waals surface area contributed by atoms with Crippen molar-refractivity contribution in [2.45, 2.75) is 6.92 Å². The zero-order chi connectivity index (χ0) is 7.84. The van der Waals surface area contributed by atoms with Gasteiger partial charge in [0.05, 0.1) is 23.3 Å². The highest BCUT2D eigenvalue weighted by Gasteiger charge is 2.13. The summed E-state index contributed by atoms with van der Waals surface area (Å²) < 4.78 is 0. The molecule has 11 heavy (non-hydrogen) atoms. The van der Waals surface area contributed by atoms with Crippen LogP contribution in [0, 0.1) is 6.92 Å². The second-order valence-corrected chi connectivity index (χ2v) is 2.42. The minimum atomic E-state index is 0.762. The minimum absolute atomic E-state index is 0.762. The Labute approximate surface area is 64.5 Å². The van der Waals surface area contributed by atoms with Gasteiger partial charge in [0, 0.05) is 5.56 Å². The number of nitrogens with zero attached hydrogens (tertiary/aromatic N) is 3. The van der Waals surface area contributed by atoms with Crippen molar-refractivity contribution in [3.63, 3.8) is 0 Å². The molecule has 0 saturated carbocycles. The molecule has 0 N–H and O–H groups in total. The van der Waals surface area contributed by atoms with Gasteiger partial charge in [-0.25, -0.2) is 9.97 Å². The Kier molecular flexibility index (Phi) is 1.12. The van der Waals surface area contributed by atoms with E-state index in [9.17, 15) is 0 Å². The predicted octanol–water partition coefficient (Wildman–Crippen LogP) is 1.19. The van der Waals surface area contributed by atoms with Crippen LogP contribution in [-0.4, -0.2) is 16.2 Å². The number of hydrogen-bond donors (Lipinski definition) is 0. The van der Waals surface area contributed by atoms with E-state index < -0.39 is 0 Å². The van der Waals surface area contributed by atoms with Gasteiger partial charge in [-0.15, -0.1) is 0 Å². The van der Waals surface area contributed by atoms with Crippen molar-refractivity contribution < 1.29 is 0 Å². The highest BCUT2D eigenvalue weighted by molar-refractivity contribution is 5.95. The molecule has 0 aromatic carbocycles. The van der Waals surface area contributed by atoms with Gasteiger partial charge < -0.3 is 0 Å². The summed E-state index contributed by atoms with van der Waals surface area (Å²) in [6, 6.07) is 0. The molecule has 0 radical (unpaired) electrons. The molecule has 1 aromatic rings. The fraction of sp³-hybridized carbons (Fsp3) is 0.125. The van der Waals surface area contributed by atoms with Crippen molar-refractivity contribution in [3.05, 3.63) is 29.9 Å². The fourth-order valence-electron chi connectivity index (χ4n) is 1.15. The lowest BCUT2D eigenvalue weighted by Gasteiger charge is -1.99. The third-order valence-corrected chi connectivity index (χ3v) is 1.70. The smallest absolute Gasteiger partial charge is 0.116 e. The topological polar surface area (TPSA) is 38.1 Å². The van der Waals surface area contributed by atoms with Gasteiger partial charge in [-0.2, -0.15) is 0 Å². The molecule has 0 aliphatic carbocycles. The van der Waals surface area contributed by atoms with Gasteiger partial charge in [-0.1, -0.05) is 6.58 Å². The second-order valence-electron chi connectivity index (χ2n) is 2.42. The molecule has 0 bridgehead atoms. The van der Waals surface area contributed by atoms with Gasteiger partial charge >= 0.3 is 0 Å². The van der Waals surface area contributed by atoms with Crippen molar-refractivity contribution in [2.24, 2.45) is 4.99 Å². The molecule has 1 aromatic heterocycles. The van der Waals surface area contributed by atoms with Crippen LogP contribution in [0.1, 0.15) is 17.0 Å². The van der Waals surface area contributed by atoms with Gasteiger partial charge in [-0.3, -0.25) is 4.99 Å². The van der Waals surface area contributed by atoms with Crippen molar-refractivity contribution in [2.75, 3.05) is 0 Å². The highest BCUT2D eigenvalue weighted by atomic mass is 14.9. The average Bonchev–Trinajstić information content (AvgIpc) is 2.34. The summed E-state index contributed by atoms with van der Waals surface area (Å²) >= 11 is 0. The van der Waals surface area contributed by atoms with Gasteiger partial charge in [0.2, 0.25) is 0 Å². The first kappa shape index (κ1) is 6.22. The van der Waals surface area contributed by atoms with Gasteiger partial charge in [0.15, 0.2) is 0 Å². The van der Waals surface area contributed by atoms with E-state index >= 15 is 0 Å². The summed E-state index contributed by atoms with van der Waals surface area (Å²) in [7, 11) is 0. The zero-order valence-corrected chi connectivity index (χ0v) is 6.20. The third kappa shape index (κ3) is 0.774. The lowest BCUT2D eigenvalue weighted by atomic mass is 10.1. The number of fused-ring (bicyclic) bond motifs is 1. The van der Waals surface area contributed by atoms with Gasteiger partial charge in [0.25, 0.3) is 0 Å². The number of aliphatic imine (C=N–C) groups is 1. The van der Waals surface area contributed by atoms with Crippen LogP contribution in [0.4, 0.5) is 0 Å². The molecule has 0 unspecified atom stereocenters. The van der Waals surface area contributed by atoms with Crippen LogP contribution >= 0.6 is 0 Å². The van der Waals surface area contributed by atoms with Crippen LogP contribution in [0.3, 0.4) is 0 Å². The summed E-state index contributed by atoms with van der Waals surface area (Å²) in [5, 5.41) is 0. The van der Waals surface area contributed by atoms with E-state index in [1.807, 2.05) is 6.92 Å². The Morgan fingerprint density at radius 2 is 2.18 bits per heavy atom. The molecule has 0 fully saturated rings. The SMILES string of the molecule is C=C1N=Cc2ncnc(C)c21. The molecule has 0 saturated heterocycles. The molecule has 1 aliphatic rings. The molecule has 3 heteroatoms. The van der Waals surface area contributed by atoms with Crippen molar-refractivity contribution in [1.29, 1.82) is 0 Å². The quantitative estimate of drug-likeness (QED) is 0.550. The summed E-state index contributed by atoms with van der Waals surface area (Å²) in [5.74, 6) is 0. The van der Waals surface area contributed by atoms with E-state index in [1.165, 1.54) is 0 Å². The molecule has 0 amide bonds. The summed E-state index contributed by atoms with van der Waals surface area (Å²) in [4.78, 5) is 12.1. The lowest BCUT2D eigenvalue weighted by molar-refractivity contribution is 1.08. The van der Waals surface area contributed by atoms with Gasteiger partial charge in [-0.05, 0) is 6.92 Å². The van der Waals surface area contributed by atoms with E-state index in [0.29, 0.717) is 0 Å². The van der Waals surface area contributed by atoms with Crippen LogP contribution in [0.2, 0.25) is 0 Å². The molecular formula is C8H7N3. The molecule has 2 rings (SSSR count). The predicted molar refractivity (Wildman–Crippen MR) is 43.4 cm³/mol. The summed E-state index contributed by atoms with van der Waals surface area (Å²) in [5.41, 5.74) is 3.56. The Balaban J connectivity index is 2.74. The van der Waals surface area contributed by atoms with E-state index in [2.05, 4.69) is 21.5 Å². The minimum Gasteiger partial charge on any atom is -0.254 e. The first-order valence-electron chi connectivity index (χ1n) is 3.34. The Hall–Kier alpha value is -1.51. The molecule has 2 heterocycles. The number of aromatic nitrogens is 2. The molecule has 54 valence electrons. The second kappa shape index (κ2) is 1.99. The zero-order valence-electron chi connectivity index (χ0n) is 6.20. The monoisotopic (exact) mass is 145 g/mol. The van der Waals surface area contributed by atoms with Crippen LogP contribution in [0.15, 0.2) is 17.9 Å². The van der Waals surface area contributed by atoms with Crippen LogP contribution < -0.4 is 0 Å². The average molecular weight is 145 g/mol. The summed E-state index contributed by atoms with van der Waals surface area (Å²) in [6.07, 6.45) is 3.26. The van der Waals surface area contributed by atoms with Crippen LogP contribution in [0.25, 0.3) is 5.70 Å².